The van der Waals surface area contributed by atoms with Crippen LogP contribution in [-0.4, -0.2) is 29.7 Å². The molecule has 0 fully saturated rings. The molecule has 0 radical (unpaired) electrons. The zero-order valence-electron chi connectivity index (χ0n) is 16.6. The second kappa shape index (κ2) is 8.16. The van der Waals surface area contributed by atoms with Crippen molar-refractivity contribution in [3.8, 4) is 17.1 Å². The first kappa shape index (κ1) is 19.2. The quantitative estimate of drug-likeness (QED) is 0.419. The van der Waals surface area contributed by atoms with Gasteiger partial charge in [-0.3, -0.25) is 14.3 Å². The third-order valence-electron chi connectivity index (χ3n) is 4.88. The van der Waals surface area contributed by atoms with Crippen molar-refractivity contribution < 1.29 is 0 Å². The Labute approximate surface area is 182 Å². The summed E-state index contributed by atoms with van der Waals surface area (Å²) >= 11 is 1.49. The van der Waals surface area contributed by atoms with Crippen molar-refractivity contribution >= 4 is 22.7 Å². The second-order valence-corrected chi connectivity index (χ2v) is 8.25. The van der Waals surface area contributed by atoms with Crippen LogP contribution in [0.25, 0.3) is 28.0 Å². The third-order valence-corrected chi connectivity index (χ3v) is 5.94. The number of hydrogen-bond acceptors (Lipinski definition) is 6. The van der Waals surface area contributed by atoms with Crippen molar-refractivity contribution in [2.45, 2.75) is 17.3 Å². The highest BCUT2D eigenvalue weighted by atomic mass is 32.2. The highest BCUT2D eigenvalue weighted by Gasteiger charge is 2.20. The maximum absolute atomic E-state index is 12.5. The van der Waals surface area contributed by atoms with Crippen LogP contribution >= 0.6 is 11.8 Å². The van der Waals surface area contributed by atoms with Crippen molar-refractivity contribution in [3.05, 3.63) is 95.3 Å². The topological polar surface area (TPSA) is 89.3 Å². The fraction of sp³-hybridized carbons (Fsp3) is 0.0870. The van der Waals surface area contributed by atoms with E-state index in [-0.39, 0.29) is 10.8 Å². The SMILES string of the molecule is C[C@H](Sc1nnc(-c2ccncc2)n1-c1ccccc1)c1nc2ccccc2c(=O)[nH]1. The van der Waals surface area contributed by atoms with E-state index in [4.69, 9.17) is 0 Å². The molecule has 0 bridgehead atoms. The first-order chi connectivity index (χ1) is 15.2. The lowest BCUT2D eigenvalue weighted by atomic mass is 10.2. The molecule has 7 nitrogen and oxygen atoms in total. The molecule has 31 heavy (non-hydrogen) atoms. The number of rotatable bonds is 5. The molecular formula is C23H18N6OS. The zero-order valence-corrected chi connectivity index (χ0v) is 17.5. The van der Waals surface area contributed by atoms with Crippen molar-refractivity contribution in [1.29, 1.82) is 0 Å². The van der Waals surface area contributed by atoms with Gasteiger partial charge >= 0.3 is 0 Å². The third kappa shape index (κ3) is 3.73. The molecule has 3 aromatic heterocycles. The molecule has 0 saturated carbocycles. The summed E-state index contributed by atoms with van der Waals surface area (Å²) in [5, 5.41) is 10.0. The van der Waals surface area contributed by atoms with E-state index in [2.05, 4.69) is 25.1 Å². The zero-order chi connectivity index (χ0) is 21.2. The van der Waals surface area contributed by atoms with Crippen molar-refractivity contribution in [2.24, 2.45) is 0 Å². The monoisotopic (exact) mass is 426 g/mol. The van der Waals surface area contributed by atoms with Crippen LogP contribution in [-0.2, 0) is 0 Å². The Bertz CT molecular complexity index is 1400. The van der Waals surface area contributed by atoms with E-state index in [1.807, 2.05) is 72.2 Å². The standard InChI is InChI=1S/C23H18N6OS/c1-15(20-25-19-10-6-5-9-18(19)22(30)26-20)31-23-28-27-21(16-11-13-24-14-12-16)29(23)17-7-3-2-4-8-17/h2-15H,1H3,(H,25,26,30)/t15-/m0/s1. The van der Waals surface area contributed by atoms with Crippen LogP contribution in [0.3, 0.4) is 0 Å². The molecule has 1 atom stereocenters. The van der Waals surface area contributed by atoms with E-state index in [1.165, 1.54) is 11.8 Å². The first-order valence-electron chi connectivity index (χ1n) is 9.77. The van der Waals surface area contributed by atoms with Crippen LogP contribution in [0.15, 0.2) is 89.1 Å². The second-order valence-electron chi connectivity index (χ2n) is 6.94. The maximum Gasteiger partial charge on any atom is 0.258 e. The number of H-pyrrole nitrogens is 1. The van der Waals surface area contributed by atoms with Gasteiger partial charge in [0.05, 0.1) is 16.2 Å². The number of aromatic nitrogens is 6. The van der Waals surface area contributed by atoms with E-state index in [0.29, 0.717) is 21.9 Å². The number of nitrogens with one attached hydrogen (secondary N) is 1. The molecule has 0 aliphatic rings. The molecule has 0 amide bonds. The number of aromatic amines is 1. The molecule has 1 N–H and O–H groups in total. The molecule has 2 aromatic carbocycles. The number of thioether (sulfide) groups is 1. The Hall–Kier alpha value is -3.78. The molecule has 5 aromatic rings. The minimum Gasteiger partial charge on any atom is -0.309 e. The molecule has 0 saturated heterocycles. The van der Waals surface area contributed by atoms with Crippen LogP contribution in [0.2, 0.25) is 0 Å². The smallest absolute Gasteiger partial charge is 0.258 e. The summed E-state index contributed by atoms with van der Waals surface area (Å²) in [5.41, 5.74) is 2.41. The summed E-state index contributed by atoms with van der Waals surface area (Å²) < 4.78 is 2.01. The summed E-state index contributed by atoms with van der Waals surface area (Å²) in [4.78, 5) is 24.2. The van der Waals surface area contributed by atoms with Gasteiger partial charge in [-0.2, -0.15) is 0 Å². The molecule has 152 valence electrons. The molecule has 5 rings (SSSR count). The lowest BCUT2D eigenvalue weighted by Crippen LogP contribution is -2.13. The Morgan fingerprint density at radius 3 is 2.48 bits per heavy atom. The fourth-order valence-corrected chi connectivity index (χ4v) is 4.28. The highest BCUT2D eigenvalue weighted by Crippen LogP contribution is 2.35. The average Bonchev–Trinajstić information content (AvgIpc) is 3.23. The number of para-hydroxylation sites is 2. The van der Waals surface area contributed by atoms with Crippen LogP contribution in [0.4, 0.5) is 0 Å². The Morgan fingerprint density at radius 1 is 0.935 bits per heavy atom. The first-order valence-corrected chi connectivity index (χ1v) is 10.7. The molecule has 0 aliphatic carbocycles. The van der Waals surface area contributed by atoms with E-state index >= 15 is 0 Å². The average molecular weight is 427 g/mol. The van der Waals surface area contributed by atoms with Crippen LogP contribution in [0.1, 0.15) is 18.0 Å². The molecule has 0 aliphatic heterocycles. The van der Waals surface area contributed by atoms with Gasteiger partial charge in [0.1, 0.15) is 5.82 Å². The molecular weight excluding hydrogens is 408 g/mol. The van der Waals surface area contributed by atoms with Gasteiger partial charge in [-0.15, -0.1) is 10.2 Å². The summed E-state index contributed by atoms with van der Waals surface area (Å²) in [6, 6.07) is 21.1. The highest BCUT2D eigenvalue weighted by molar-refractivity contribution is 7.99. The van der Waals surface area contributed by atoms with Gasteiger partial charge in [0.25, 0.3) is 5.56 Å². The van der Waals surface area contributed by atoms with Crippen LogP contribution < -0.4 is 5.56 Å². The van der Waals surface area contributed by atoms with E-state index < -0.39 is 0 Å². The van der Waals surface area contributed by atoms with E-state index in [0.717, 1.165) is 17.1 Å². The molecule has 3 heterocycles. The number of benzene rings is 2. The number of hydrogen-bond donors (Lipinski definition) is 1. The number of fused-ring (bicyclic) bond motifs is 1. The molecule has 8 heteroatoms. The van der Waals surface area contributed by atoms with Crippen LogP contribution in [0, 0.1) is 0 Å². The van der Waals surface area contributed by atoms with Crippen LogP contribution in [0.5, 0.6) is 0 Å². The maximum atomic E-state index is 12.5. The van der Waals surface area contributed by atoms with E-state index in [1.54, 1.807) is 18.5 Å². The van der Waals surface area contributed by atoms with Crippen molar-refractivity contribution in [1.82, 2.24) is 29.7 Å². The normalized spacial score (nSPS) is 12.2. The minimum atomic E-state index is -0.144. The summed E-state index contributed by atoms with van der Waals surface area (Å²) in [7, 11) is 0. The predicted octanol–water partition coefficient (Wildman–Crippen LogP) is 4.42. The number of nitrogens with zero attached hydrogens (tertiary/aromatic N) is 5. The largest absolute Gasteiger partial charge is 0.309 e. The van der Waals surface area contributed by atoms with Gasteiger partial charge in [-0.05, 0) is 43.3 Å². The van der Waals surface area contributed by atoms with Gasteiger partial charge in [-0.25, -0.2) is 4.98 Å². The minimum absolute atomic E-state index is 0.143. The summed E-state index contributed by atoms with van der Waals surface area (Å²) in [5.74, 6) is 1.32. The van der Waals surface area contributed by atoms with Crippen molar-refractivity contribution in [2.75, 3.05) is 0 Å². The van der Waals surface area contributed by atoms with Gasteiger partial charge in [0.15, 0.2) is 11.0 Å². The van der Waals surface area contributed by atoms with Gasteiger partial charge in [0, 0.05) is 23.6 Å². The van der Waals surface area contributed by atoms with Crippen molar-refractivity contribution in [3.63, 3.8) is 0 Å². The molecule has 0 spiro atoms. The van der Waals surface area contributed by atoms with Gasteiger partial charge in [-0.1, -0.05) is 42.1 Å². The Morgan fingerprint density at radius 2 is 1.68 bits per heavy atom. The fourth-order valence-electron chi connectivity index (χ4n) is 3.36. The summed E-state index contributed by atoms with van der Waals surface area (Å²) in [6.45, 7) is 1.99. The van der Waals surface area contributed by atoms with Gasteiger partial charge < -0.3 is 4.98 Å². The summed E-state index contributed by atoms with van der Waals surface area (Å²) in [6.07, 6.45) is 3.47. The lowest BCUT2D eigenvalue weighted by molar-refractivity contribution is 0.862. The van der Waals surface area contributed by atoms with E-state index in [9.17, 15) is 4.79 Å². The molecule has 0 unspecified atom stereocenters. The lowest BCUT2D eigenvalue weighted by Gasteiger charge is -2.13. The Kier molecular flexibility index (Phi) is 5.05. The Balaban J connectivity index is 1.57. The predicted molar refractivity (Wildman–Crippen MR) is 121 cm³/mol. The number of pyridine rings is 1. The van der Waals surface area contributed by atoms with Gasteiger partial charge in [0.2, 0.25) is 0 Å².